The van der Waals surface area contributed by atoms with Crippen LogP contribution in [0.2, 0.25) is 0 Å². The Kier molecular flexibility index (Phi) is 5.13. The molecule has 1 rings (SSSR count). The molecular weight excluding hydrogens is 213 g/mol. The lowest BCUT2D eigenvalue weighted by Crippen LogP contribution is -2.30. The van der Waals surface area contributed by atoms with Crippen LogP contribution in [0.15, 0.2) is 18.2 Å². The van der Waals surface area contributed by atoms with E-state index in [0.29, 0.717) is 12.0 Å². The first-order valence-electron chi connectivity index (χ1n) is 6.41. The monoisotopic (exact) mass is 237 g/mol. The number of hydrogen-bond acceptors (Lipinski definition) is 1. The smallest absolute Gasteiger partial charge is 0.126 e. The van der Waals surface area contributed by atoms with Gasteiger partial charge in [0, 0.05) is 6.04 Å². The van der Waals surface area contributed by atoms with Crippen molar-refractivity contribution in [2.24, 2.45) is 5.92 Å². The lowest BCUT2D eigenvalue weighted by Gasteiger charge is -2.22. The predicted octanol–water partition coefficient (Wildman–Crippen LogP) is 3.87. The lowest BCUT2D eigenvalue weighted by molar-refractivity contribution is 0.416. The molecule has 1 aromatic rings. The molecule has 1 aromatic carbocycles. The van der Waals surface area contributed by atoms with Gasteiger partial charge in [0.25, 0.3) is 0 Å². The first kappa shape index (κ1) is 14.2. The SMILES string of the molecule is Cc1ccc(F)c(C(C)C(C)CNC(C)C)c1. The molecule has 0 amide bonds. The van der Waals surface area contributed by atoms with E-state index in [1.54, 1.807) is 6.07 Å². The van der Waals surface area contributed by atoms with Gasteiger partial charge in [0.1, 0.15) is 5.82 Å². The van der Waals surface area contributed by atoms with E-state index in [0.717, 1.165) is 17.7 Å². The molecule has 1 nitrogen and oxygen atoms in total. The van der Waals surface area contributed by atoms with Crippen LogP contribution in [0.1, 0.15) is 44.7 Å². The Labute approximate surface area is 104 Å². The maximum atomic E-state index is 13.8. The Hall–Kier alpha value is -0.890. The van der Waals surface area contributed by atoms with E-state index >= 15 is 0 Å². The average Bonchev–Trinajstić information content (AvgIpc) is 2.28. The van der Waals surface area contributed by atoms with E-state index in [4.69, 9.17) is 0 Å². The first-order chi connectivity index (χ1) is 7.91. The molecule has 0 aliphatic carbocycles. The highest BCUT2D eigenvalue weighted by molar-refractivity contribution is 5.27. The van der Waals surface area contributed by atoms with Gasteiger partial charge in [-0.15, -0.1) is 0 Å². The zero-order valence-electron chi connectivity index (χ0n) is 11.5. The van der Waals surface area contributed by atoms with Gasteiger partial charge < -0.3 is 5.32 Å². The van der Waals surface area contributed by atoms with Gasteiger partial charge in [0.15, 0.2) is 0 Å². The lowest BCUT2D eigenvalue weighted by atomic mass is 9.87. The zero-order valence-corrected chi connectivity index (χ0v) is 11.5. The van der Waals surface area contributed by atoms with Crippen molar-refractivity contribution < 1.29 is 4.39 Å². The molecule has 2 atom stereocenters. The van der Waals surface area contributed by atoms with Crippen LogP contribution in [-0.2, 0) is 0 Å². The zero-order chi connectivity index (χ0) is 13.0. The summed E-state index contributed by atoms with van der Waals surface area (Å²) >= 11 is 0. The Morgan fingerprint density at radius 1 is 1.18 bits per heavy atom. The van der Waals surface area contributed by atoms with Crippen molar-refractivity contribution >= 4 is 0 Å². The van der Waals surface area contributed by atoms with Crippen molar-refractivity contribution in [2.45, 2.75) is 46.6 Å². The van der Waals surface area contributed by atoms with Gasteiger partial charge in [0.2, 0.25) is 0 Å². The van der Waals surface area contributed by atoms with Crippen molar-refractivity contribution in [3.05, 3.63) is 35.1 Å². The summed E-state index contributed by atoms with van der Waals surface area (Å²) in [4.78, 5) is 0. The van der Waals surface area contributed by atoms with Crippen molar-refractivity contribution in [3.8, 4) is 0 Å². The highest BCUT2D eigenvalue weighted by atomic mass is 19.1. The summed E-state index contributed by atoms with van der Waals surface area (Å²) in [5, 5.41) is 3.41. The molecule has 0 aliphatic heterocycles. The van der Waals surface area contributed by atoms with Gasteiger partial charge >= 0.3 is 0 Å². The van der Waals surface area contributed by atoms with E-state index in [2.05, 4.69) is 33.0 Å². The third-order valence-electron chi connectivity index (χ3n) is 3.34. The first-order valence-corrected chi connectivity index (χ1v) is 6.41. The van der Waals surface area contributed by atoms with Crippen molar-refractivity contribution in [1.29, 1.82) is 0 Å². The Balaban J connectivity index is 2.74. The molecule has 1 N–H and O–H groups in total. The minimum absolute atomic E-state index is 0.0838. The standard InChI is InChI=1S/C15H24FN/c1-10(2)17-9-12(4)13(5)14-8-11(3)6-7-15(14)16/h6-8,10,12-13,17H,9H2,1-5H3. The number of aryl methyl sites for hydroxylation is 1. The van der Waals surface area contributed by atoms with Gasteiger partial charge in [-0.1, -0.05) is 45.4 Å². The molecule has 96 valence electrons. The normalized spacial score (nSPS) is 15.0. The number of halogens is 1. The quantitative estimate of drug-likeness (QED) is 0.819. The summed E-state index contributed by atoms with van der Waals surface area (Å²) in [6.45, 7) is 11.5. The summed E-state index contributed by atoms with van der Waals surface area (Å²) in [6, 6.07) is 5.84. The highest BCUT2D eigenvalue weighted by Crippen LogP contribution is 2.26. The minimum Gasteiger partial charge on any atom is -0.314 e. The van der Waals surface area contributed by atoms with Gasteiger partial charge in [-0.05, 0) is 36.9 Å². The number of rotatable bonds is 5. The van der Waals surface area contributed by atoms with Crippen molar-refractivity contribution in [1.82, 2.24) is 5.32 Å². The van der Waals surface area contributed by atoms with Crippen LogP contribution < -0.4 is 5.32 Å². The summed E-state index contributed by atoms with van der Waals surface area (Å²) in [5.41, 5.74) is 1.96. The molecule has 0 saturated heterocycles. The average molecular weight is 237 g/mol. The van der Waals surface area contributed by atoms with Crippen LogP contribution in [0.5, 0.6) is 0 Å². The predicted molar refractivity (Wildman–Crippen MR) is 71.9 cm³/mol. The van der Waals surface area contributed by atoms with Gasteiger partial charge in [-0.25, -0.2) is 4.39 Å². The Morgan fingerprint density at radius 2 is 1.82 bits per heavy atom. The topological polar surface area (TPSA) is 12.0 Å². The van der Waals surface area contributed by atoms with E-state index in [1.807, 2.05) is 19.1 Å². The van der Waals surface area contributed by atoms with Gasteiger partial charge in [-0.2, -0.15) is 0 Å². The second-order valence-electron chi connectivity index (χ2n) is 5.35. The molecule has 2 unspecified atom stereocenters. The summed E-state index contributed by atoms with van der Waals surface area (Å²) < 4.78 is 13.8. The van der Waals surface area contributed by atoms with E-state index < -0.39 is 0 Å². The maximum absolute atomic E-state index is 13.8. The molecule has 0 heterocycles. The molecular formula is C15H24FN. The van der Waals surface area contributed by atoms with Crippen molar-refractivity contribution in [2.75, 3.05) is 6.54 Å². The molecule has 0 bridgehead atoms. The molecule has 0 saturated carbocycles. The Bertz CT molecular complexity index is 360. The van der Waals surface area contributed by atoms with Crippen LogP contribution in [0.3, 0.4) is 0 Å². The Morgan fingerprint density at radius 3 is 2.41 bits per heavy atom. The van der Waals surface area contributed by atoms with E-state index in [1.165, 1.54) is 0 Å². The second kappa shape index (κ2) is 6.15. The largest absolute Gasteiger partial charge is 0.314 e. The minimum atomic E-state index is -0.0838. The second-order valence-corrected chi connectivity index (χ2v) is 5.35. The van der Waals surface area contributed by atoms with E-state index in [-0.39, 0.29) is 11.7 Å². The summed E-state index contributed by atoms with van der Waals surface area (Å²) in [6.07, 6.45) is 0. The molecule has 17 heavy (non-hydrogen) atoms. The molecule has 0 spiro atoms. The van der Waals surface area contributed by atoms with Gasteiger partial charge in [0.05, 0.1) is 0 Å². The van der Waals surface area contributed by atoms with Crippen LogP contribution >= 0.6 is 0 Å². The highest BCUT2D eigenvalue weighted by Gasteiger charge is 2.17. The fourth-order valence-corrected chi connectivity index (χ4v) is 1.92. The van der Waals surface area contributed by atoms with Crippen LogP contribution in [0.4, 0.5) is 4.39 Å². The summed E-state index contributed by atoms with van der Waals surface area (Å²) in [5.74, 6) is 0.578. The van der Waals surface area contributed by atoms with E-state index in [9.17, 15) is 4.39 Å². The molecule has 0 radical (unpaired) electrons. The molecule has 2 heteroatoms. The maximum Gasteiger partial charge on any atom is 0.126 e. The third-order valence-corrected chi connectivity index (χ3v) is 3.34. The molecule has 0 aromatic heterocycles. The molecule has 0 aliphatic rings. The number of benzene rings is 1. The fourth-order valence-electron chi connectivity index (χ4n) is 1.92. The van der Waals surface area contributed by atoms with Gasteiger partial charge in [-0.3, -0.25) is 0 Å². The number of nitrogens with one attached hydrogen (secondary N) is 1. The third kappa shape index (κ3) is 4.12. The summed E-state index contributed by atoms with van der Waals surface area (Å²) in [7, 11) is 0. The fraction of sp³-hybridized carbons (Fsp3) is 0.600. The van der Waals surface area contributed by atoms with Crippen LogP contribution in [0.25, 0.3) is 0 Å². The molecule has 0 fully saturated rings. The van der Waals surface area contributed by atoms with Crippen LogP contribution in [0, 0.1) is 18.7 Å². The van der Waals surface area contributed by atoms with Crippen molar-refractivity contribution in [3.63, 3.8) is 0 Å². The number of hydrogen-bond donors (Lipinski definition) is 1. The van der Waals surface area contributed by atoms with Crippen LogP contribution in [-0.4, -0.2) is 12.6 Å².